The number of aliphatic hydroxyl groups excluding tert-OH is 1. The number of benzene rings is 3. The van der Waals surface area contributed by atoms with Crippen LogP contribution in [-0.4, -0.2) is 41.4 Å². The van der Waals surface area contributed by atoms with Gasteiger partial charge in [0.25, 0.3) is 0 Å². The van der Waals surface area contributed by atoms with Crippen LogP contribution in [0.4, 0.5) is 11.4 Å². The zero-order chi connectivity index (χ0) is 26.1. The third-order valence-electron chi connectivity index (χ3n) is 8.13. The van der Waals surface area contributed by atoms with Gasteiger partial charge >= 0.3 is 0 Å². The molecule has 2 aliphatic heterocycles. The zero-order valence-electron chi connectivity index (χ0n) is 21.4. The third kappa shape index (κ3) is 3.19. The summed E-state index contributed by atoms with van der Waals surface area (Å²) < 4.78 is 2.11. The van der Waals surface area contributed by atoms with Crippen LogP contribution < -0.4 is 4.90 Å². The van der Waals surface area contributed by atoms with Gasteiger partial charge in [0, 0.05) is 41.1 Å². The number of para-hydroxylation sites is 1. The fourth-order valence-electron chi connectivity index (χ4n) is 6.17. The fourth-order valence-corrected chi connectivity index (χ4v) is 6.17. The number of anilines is 1. The number of nitriles is 1. The van der Waals surface area contributed by atoms with E-state index in [2.05, 4.69) is 29.4 Å². The molecule has 0 radical (unpaired) electrons. The highest BCUT2D eigenvalue weighted by Crippen LogP contribution is 2.50. The molecule has 0 spiro atoms. The van der Waals surface area contributed by atoms with E-state index in [4.69, 9.17) is 0 Å². The number of hydrogen-bond donors (Lipinski definition) is 1. The summed E-state index contributed by atoms with van der Waals surface area (Å²) >= 11 is 0. The van der Waals surface area contributed by atoms with Crippen LogP contribution in [0.1, 0.15) is 36.1 Å². The van der Waals surface area contributed by atoms with E-state index in [0.29, 0.717) is 11.1 Å². The summed E-state index contributed by atoms with van der Waals surface area (Å²) in [4.78, 5) is 15.8. The number of allylic oxidation sites excluding steroid dienone is 2. The highest BCUT2D eigenvalue weighted by Gasteiger charge is 2.51. The van der Waals surface area contributed by atoms with E-state index in [9.17, 15) is 15.2 Å². The molecule has 3 aliphatic rings. The van der Waals surface area contributed by atoms with E-state index in [-0.39, 0.29) is 5.78 Å². The Morgan fingerprint density at radius 1 is 1.05 bits per heavy atom. The average molecular weight is 487 g/mol. The number of ketones is 1. The van der Waals surface area contributed by atoms with Gasteiger partial charge in [-0.2, -0.15) is 9.84 Å². The molecular weight excluding hydrogens is 458 g/mol. The molecular formula is C32H28N3O2+. The Morgan fingerprint density at radius 2 is 1.76 bits per heavy atom. The van der Waals surface area contributed by atoms with Crippen LogP contribution in [0.5, 0.6) is 0 Å². The fraction of sp³-hybridized carbons (Fsp3) is 0.219. The van der Waals surface area contributed by atoms with Crippen LogP contribution >= 0.6 is 0 Å². The second-order valence-electron chi connectivity index (χ2n) is 10.5. The molecule has 5 heteroatoms. The van der Waals surface area contributed by atoms with Crippen molar-refractivity contribution in [1.82, 2.24) is 0 Å². The van der Waals surface area contributed by atoms with Gasteiger partial charge in [0.1, 0.15) is 7.05 Å². The molecule has 0 aromatic heterocycles. The molecule has 2 unspecified atom stereocenters. The number of likely N-dealkylation sites (N-methyl/N-ethyl adjacent to an activating group) is 1. The highest BCUT2D eigenvalue weighted by molar-refractivity contribution is 6.37. The number of carbonyl (C=O) groups excluding carboxylic acids is 1. The minimum absolute atomic E-state index is 0.0496. The topological polar surface area (TPSA) is 67.3 Å². The minimum Gasteiger partial charge on any atom is -0.387 e. The number of hydrogen-bond acceptors (Lipinski definition) is 4. The minimum atomic E-state index is -0.907. The maximum absolute atomic E-state index is 13.8. The van der Waals surface area contributed by atoms with E-state index >= 15 is 0 Å². The van der Waals surface area contributed by atoms with E-state index in [0.717, 1.165) is 45.0 Å². The molecule has 2 atom stereocenters. The van der Waals surface area contributed by atoms with Gasteiger partial charge < -0.3 is 10.0 Å². The maximum Gasteiger partial charge on any atom is 0.221 e. The van der Waals surface area contributed by atoms with E-state index in [1.54, 1.807) is 0 Å². The average Bonchev–Trinajstić information content (AvgIpc) is 3.30. The van der Waals surface area contributed by atoms with Gasteiger partial charge in [0.15, 0.2) is 5.78 Å². The van der Waals surface area contributed by atoms with Gasteiger partial charge in [-0.1, -0.05) is 50.3 Å². The van der Waals surface area contributed by atoms with Crippen LogP contribution in [0.25, 0.3) is 5.57 Å². The van der Waals surface area contributed by atoms with Gasteiger partial charge in [-0.3, -0.25) is 4.79 Å². The first-order chi connectivity index (χ1) is 17.8. The largest absolute Gasteiger partial charge is 0.387 e. The van der Waals surface area contributed by atoms with Crippen molar-refractivity contribution in [2.45, 2.75) is 25.4 Å². The lowest BCUT2D eigenvalue weighted by Crippen LogP contribution is -2.46. The van der Waals surface area contributed by atoms with Crippen molar-refractivity contribution in [3.63, 3.8) is 0 Å². The van der Waals surface area contributed by atoms with Crippen molar-refractivity contribution in [3.05, 3.63) is 112 Å². The molecule has 0 amide bonds. The van der Waals surface area contributed by atoms with Gasteiger partial charge in [-0.05, 0) is 42.0 Å². The van der Waals surface area contributed by atoms with Gasteiger partial charge in [0.05, 0.1) is 34.8 Å². The quantitative estimate of drug-likeness (QED) is 0.411. The van der Waals surface area contributed by atoms with Crippen molar-refractivity contribution < 1.29 is 14.5 Å². The number of carbonyl (C=O) groups is 1. The molecule has 1 aliphatic carbocycles. The molecule has 0 bridgehead atoms. The molecule has 2 heterocycles. The number of rotatable bonds is 2. The first kappa shape index (κ1) is 23.1. The molecule has 182 valence electrons. The van der Waals surface area contributed by atoms with Gasteiger partial charge in [-0.15, -0.1) is 0 Å². The molecule has 5 nitrogen and oxygen atoms in total. The zero-order valence-corrected chi connectivity index (χ0v) is 21.4. The Labute approximate surface area is 216 Å². The van der Waals surface area contributed by atoms with Crippen molar-refractivity contribution in [1.29, 1.82) is 5.26 Å². The number of Topliss-reactive ketones (excluding diaryl/α,β-unsaturated/α-hetero) is 1. The summed E-state index contributed by atoms with van der Waals surface area (Å²) in [5, 5.41) is 20.9. The van der Waals surface area contributed by atoms with E-state index in [1.165, 1.54) is 0 Å². The van der Waals surface area contributed by atoms with Crippen molar-refractivity contribution in [3.8, 4) is 6.07 Å². The monoisotopic (exact) mass is 486 g/mol. The smallest absolute Gasteiger partial charge is 0.221 e. The molecule has 3 aromatic carbocycles. The molecule has 1 fully saturated rings. The predicted octanol–water partition coefficient (Wildman–Crippen LogP) is 4.96. The SMILES string of the molecule is CN1C(=CC2C(=O)C(=C3C(c4ccccc4)=[N+](C)c4ccccc43)C2O)C(C)(C)c2cc(C#N)ccc21. The Kier molecular flexibility index (Phi) is 5.08. The lowest BCUT2D eigenvalue weighted by atomic mass is 9.69. The standard InChI is InChI=1S/C32H28N3O2/c1-32(2)23-16-19(18-33)14-15-25(23)34(3)26(32)17-22-30(36)28(31(22)37)27-21-12-8-9-13-24(21)35(4)29(27)20-10-6-5-7-11-20/h5-17,22,30,36H,1-4H3/q+1. The lowest BCUT2D eigenvalue weighted by molar-refractivity contribution is -0.400. The van der Waals surface area contributed by atoms with Crippen LogP contribution in [0.15, 0.2) is 90.1 Å². The highest BCUT2D eigenvalue weighted by atomic mass is 16.3. The summed E-state index contributed by atoms with van der Waals surface area (Å²) in [6.45, 7) is 4.20. The summed E-state index contributed by atoms with van der Waals surface area (Å²) in [5.41, 5.74) is 8.44. The molecule has 6 rings (SSSR count). The molecule has 1 N–H and O–H groups in total. The molecule has 3 aromatic rings. The Balaban J connectivity index is 1.44. The lowest BCUT2D eigenvalue weighted by Gasteiger charge is -2.35. The Bertz CT molecular complexity index is 1620. The van der Waals surface area contributed by atoms with Crippen LogP contribution in [0, 0.1) is 17.2 Å². The second kappa shape index (κ2) is 8.12. The third-order valence-corrected chi connectivity index (χ3v) is 8.13. The van der Waals surface area contributed by atoms with Gasteiger partial charge in [0.2, 0.25) is 11.4 Å². The molecule has 0 saturated heterocycles. The van der Waals surface area contributed by atoms with E-state index < -0.39 is 17.4 Å². The predicted molar refractivity (Wildman–Crippen MR) is 145 cm³/mol. The van der Waals surface area contributed by atoms with Crippen molar-refractivity contribution >= 4 is 28.4 Å². The number of fused-ring (bicyclic) bond motifs is 2. The molecule has 37 heavy (non-hydrogen) atoms. The Morgan fingerprint density at radius 3 is 2.46 bits per heavy atom. The van der Waals surface area contributed by atoms with Crippen molar-refractivity contribution in [2.24, 2.45) is 5.92 Å². The maximum atomic E-state index is 13.8. The van der Waals surface area contributed by atoms with E-state index in [1.807, 2.05) is 93.0 Å². The van der Waals surface area contributed by atoms with Crippen LogP contribution in [0.2, 0.25) is 0 Å². The van der Waals surface area contributed by atoms with Crippen molar-refractivity contribution in [2.75, 3.05) is 19.0 Å². The summed E-state index contributed by atoms with van der Waals surface area (Å²) in [6, 6.07) is 26.0. The summed E-state index contributed by atoms with van der Waals surface area (Å²) in [5.74, 6) is -0.675. The van der Waals surface area contributed by atoms with Gasteiger partial charge in [-0.25, -0.2) is 0 Å². The summed E-state index contributed by atoms with van der Waals surface area (Å²) in [7, 11) is 3.98. The normalized spacial score (nSPS) is 24.7. The summed E-state index contributed by atoms with van der Waals surface area (Å²) in [6.07, 6.45) is 1.02. The Hall–Kier alpha value is -4.27. The van der Waals surface area contributed by atoms with Crippen LogP contribution in [0.3, 0.4) is 0 Å². The molecule has 1 saturated carbocycles. The number of nitrogens with zero attached hydrogens (tertiary/aromatic N) is 3. The first-order valence-electron chi connectivity index (χ1n) is 12.5. The van der Waals surface area contributed by atoms with Crippen LogP contribution in [-0.2, 0) is 10.2 Å². The number of aliphatic hydroxyl groups is 1. The first-order valence-corrected chi connectivity index (χ1v) is 12.5. The second-order valence-corrected chi connectivity index (χ2v) is 10.5.